The third-order valence-electron chi connectivity index (χ3n) is 4.30. The van der Waals surface area contributed by atoms with E-state index in [0.717, 1.165) is 18.4 Å². The Morgan fingerprint density at radius 3 is 2.71 bits per heavy atom. The number of carbonyl (C=O) groups excluding carboxylic acids is 1. The van der Waals surface area contributed by atoms with Gasteiger partial charge in [-0.1, -0.05) is 54.1 Å². The van der Waals surface area contributed by atoms with Crippen LogP contribution in [0.25, 0.3) is 0 Å². The zero-order chi connectivity index (χ0) is 14.7. The molecule has 3 rings (SSSR count). The second-order valence-electron chi connectivity index (χ2n) is 5.90. The smallest absolute Gasteiger partial charge is 0.220 e. The molecule has 1 N–H and O–H groups in total. The van der Waals surface area contributed by atoms with Crippen molar-refractivity contribution < 1.29 is 4.79 Å². The fourth-order valence-corrected chi connectivity index (χ4v) is 3.06. The Morgan fingerprint density at radius 2 is 1.90 bits per heavy atom. The number of rotatable bonds is 4. The van der Waals surface area contributed by atoms with Gasteiger partial charge in [0.05, 0.1) is 0 Å². The maximum absolute atomic E-state index is 12.1. The summed E-state index contributed by atoms with van der Waals surface area (Å²) in [6.07, 6.45) is 2.80. The lowest BCUT2D eigenvalue weighted by Crippen LogP contribution is -2.24. The summed E-state index contributed by atoms with van der Waals surface area (Å²) in [6.45, 7) is 2.69. The summed E-state index contributed by atoms with van der Waals surface area (Å²) in [6, 6.07) is 16.8. The minimum Gasteiger partial charge on any atom is -0.352 e. The molecular weight excluding hydrogens is 258 g/mol. The normalized spacial score (nSPS) is 16.5. The summed E-state index contributed by atoms with van der Waals surface area (Å²) in [7, 11) is 0. The van der Waals surface area contributed by atoms with E-state index in [-0.39, 0.29) is 5.91 Å². The number of hydrogen-bond donors (Lipinski definition) is 1. The van der Waals surface area contributed by atoms with E-state index in [1.165, 1.54) is 16.7 Å². The van der Waals surface area contributed by atoms with Gasteiger partial charge < -0.3 is 5.32 Å². The molecule has 2 heteroatoms. The second-order valence-corrected chi connectivity index (χ2v) is 5.90. The van der Waals surface area contributed by atoms with Crippen LogP contribution in [0.3, 0.4) is 0 Å². The average Bonchev–Trinajstić information content (AvgIpc) is 2.90. The lowest BCUT2D eigenvalue weighted by Gasteiger charge is -2.12. The minimum atomic E-state index is 0.150. The van der Waals surface area contributed by atoms with Crippen LogP contribution in [-0.2, 0) is 17.8 Å². The van der Waals surface area contributed by atoms with Gasteiger partial charge in [0.15, 0.2) is 0 Å². The fraction of sp³-hybridized carbons (Fsp3) is 0.316. The van der Waals surface area contributed by atoms with Crippen molar-refractivity contribution in [2.45, 2.75) is 38.6 Å². The van der Waals surface area contributed by atoms with Crippen molar-refractivity contribution >= 4 is 5.91 Å². The van der Waals surface area contributed by atoms with Crippen molar-refractivity contribution in [3.05, 3.63) is 70.8 Å². The molecule has 0 saturated carbocycles. The summed E-state index contributed by atoms with van der Waals surface area (Å²) in [5, 5.41) is 3.04. The van der Waals surface area contributed by atoms with Crippen LogP contribution < -0.4 is 5.32 Å². The van der Waals surface area contributed by atoms with E-state index in [4.69, 9.17) is 0 Å². The van der Waals surface area contributed by atoms with E-state index in [0.29, 0.717) is 18.9 Å². The molecule has 0 saturated heterocycles. The number of aryl methyl sites for hydroxylation is 2. The maximum atomic E-state index is 12.1. The highest BCUT2D eigenvalue weighted by Crippen LogP contribution is 2.35. The fourth-order valence-electron chi connectivity index (χ4n) is 3.06. The van der Waals surface area contributed by atoms with Crippen LogP contribution in [-0.4, -0.2) is 5.91 Å². The van der Waals surface area contributed by atoms with Crippen LogP contribution in [0.15, 0.2) is 48.5 Å². The van der Waals surface area contributed by atoms with Gasteiger partial charge in [0, 0.05) is 13.0 Å². The van der Waals surface area contributed by atoms with E-state index in [1.54, 1.807) is 0 Å². The van der Waals surface area contributed by atoms with Gasteiger partial charge in [-0.25, -0.2) is 0 Å². The van der Waals surface area contributed by atoms with Gasteiger partial charge in [0.2, 0.25) is 5.91 Å². The summed E-state index contributed by atoms with van der Waals surface area (Å²) < 4.78 is 0. The number of hydrogen-bond acceptors (Lipinski definition) is 1. The number of benzene rings is 2. The van der Waals surface area contributed by atoms with Crippen molar-refractivity contribution in [2.75, 3.05) is 0 Å². The standard InChI is InChI=1S/C19H21NO/c1-14-6-8-15(9-7-14)13-20-19(21)12-17-11-10-16-4-2-3-5-18(16)17/h2-9,17H,10-13H2,1H3,(H,20,21). The molecule has 0 radical (unpaired) electrons. The number of amides is 1. The molecule has 1 amide bonds. The SMILES string of the molecule is Cc1ccc(CNC(=O)CC2CCc3ccccc32)cc1. The highest BCUT2D eigenvalue weighted by Gasteiger charge is 2.23. The van der Waals surface area contributed by atoms with Gasteiger partial charge in [0.25, 0.3) is 0 Å². The lowest BCUT2D eigenvalue weighted by atomic mass is 9.97. The Morgan fingerprint density at radius 1 is 1.14 bits per heavy atom. The highest BCUT2D eigenvalue weighted by atomic mass is 16.1. The van der Waals surface area contributed by atoms with Crippen LogP contribution in [0.2, 0.25) is 0 Å². The molecule has 0 aromatic heterocycles. The largest absolute Gasteiger partial charge is 0.352 e. The predicted molar refractivity (Wildman–Crippen MR) is 85.1 cm³/mol. The van der Waals surface area contributed by atoms with Crippen molar-refractivity contribution in [3.63, 3.8) is 0 Å². The molecular formula is C19H21NO. The summed E-state index contributed by atoms with van der Waals surface area (Å²) in [5.41, 5.74) is 5.17. The zero-order valence-corrected chi connectivity index (χ0v) is 12.4. The van der Waals surface area contributed by atoms with Gasteiger partial charge in [-0.05, 0) is 42.4 Å². The van der Waals surface area contributed by atoms with Crippen LogP contribution >= 0.6 is 0 Å². The van der Waals surface area contributed by atoms with Crippen LogP contribution in [0.5, 0.6) is 0 Å². The Bertz CT molecular complexity index is 630. The lowest BCUT2D eigenvalue weighted by molar-refractivity contribution is -0.121. The van der Waals surface area contributed by atoms with Crippen molar-refractivity contribution in [2.24, 2.45) is 0 Å². The molecule has 2 aromatic carbocycles. The molecule has 2 aromatic rings. The molecule has 0 heterocycles. The van der Waals surface area contributed by atoms with Gasteiger partial charge in [-0.2, -0.15) is 0 Å². The van der Waals surface area contributed by atoms with Crippen molar-refractivity contribution in [1.82, 2.24) is 5.32 Å². The van der Waals surface area contributed by atoms with Gasteiger partial charge in [-0.3, -0.25) is 4.79 Å². The molecule has 0 spiro atoms. The minimum absolute atomic E-state index is 0.150. The van der Waals surface area contributed by atoms with Gasteiger partial charge in [0.1, 0.15) is 0 Å². The number of carbonyl (C=O) groups is 1. The number of fused-ring (bicyclic) bond motifs is 1. The molecule has 1 aliphatic carbocycles. The average molecular weight is 279 g/mol. The molecule has 0 bridgehead atoms. The Kier molecular flexibility index (Phi) is 4.05. The molecule has 108 valence electrons. The Balaban J connectivity index is 1.54. The van der Waals surface area contributed by atoms with Gasteiger partial charge in [-0.15, -0.1) is 0 Å². The molecule has 1 atom stereocenters. The van der Waals surface area contributed by atoms with Crippen molar-refractivity contribution in [3.8, 4) is 0 Å². The Hall–Kier alpha value is -2.09. The molecule has 1 aliphatic rings. The first-order valence-corrected chi connectivity index (χ1v) is 7.62. The third-order valence-corrected chi connectivity index (χ3v) is 4.30. The first-order chi connectivity index (χ1) is 10.2. The van der Waals surface area contributed by atoms with E-state index in [1.807, 2.05) is 0 Å². The van der Waals surface area contributed by atoms with E-state index in [2.05, 4.69) is 60.8 Å². The quantitative estimate of drug-likeness (QED) is 0.907. The zero-order valence-electron chi connectivity index (χ0n) is 12.4. The Labute approximate surface area is 126 Å². The van der Waals surface area contributed by atoms with E-state index < -0.39 is 0 Å². The molecule has 0 aliphatic heterocycles. The van der Waals surface area contributed by atoms with Crippen LogP contribution in [0.4, 0.5) is 0 Å². The molecule has 1 unspecified atom stereocenters. The topological polar surface area (TPSA) is 29.1 Å². The van der Waals surface area contributed by atoms with Crippen LogP contribution in [0, 0.1) is 6.92 Å². The summed E-state index contributed by atoms with van der Waals surface area (Å²) in [4.78, 5) is 12.1. The van der Waals surface area contributed by atoms with E-state index in [9.17, 15) is 4.79 Å². The summed E-state index contributed by atoms with van der Waals surface area (Å²) in [5.74, 6) is 0.538. The van der Waals surface area contributed by atoms with Crippen LogP contribution in [0.1, 0.15) is 41.0 Å². The third kappa shape index (κ3) is 3.33. The highest BCUT2D eigenvalue weighted by molar-refractivity contribution is 5.77. The van der Waals surface area contributed by atoms with E-state index >= 15 is 0 Å². The first-order valence-electron chi connectivity index (χ1n) is 7.62. The van der Waals surface area contributed by atoms with Gasteiger partial charge >= 0.3 is 0 Å². The molecule has 21 heavy (non-hydrogen) atoms. The van der Waals surface area contributed by atoms with Crippen molar-refractivity contribution in [1.29, 1.82) is 0 Å². The second kappa shape index (κ2) is 6.13. The monoisotopic (exact) mass is 279 g/mol. The number of nitrogens with one attached hydrogen (secondary N) is 1. The maximum Gasteiger partial charge on any atom is 0.220 e. The molecule has 2 nitrogen and oxygen atoms in total. The summed E-state index contributed by atoms with van der Waals surface area (Å²) >= 11 is 0. The first kappa shape index (κ1) is 13.9. The molecule has 0 fully saturated rings. The predicted octanol–water partition coefficient (Wildman–Crippen LogP) is 3.73.